The molecule has 0 spiro atoms. The Morgan fingerprint density at radius 3 is 0.726 bits per heavy atom. The van der Waals surface area contributed by atoms with Gasteiger partial charge in [0.1, 0.15) is 0 Å². The molecule has 0 aromatic carbocycles. The van der Waals surface area contributed by atoms with Gasteiger partial charge < -0.3 is 30.6 Å². The van der Waals surface area contributed by atoms with Crippen molar-refractivity contribution in [3.05, 3.63) is 47.8 Å². The monoisotopic (exact) mass is 872 g/mol. The maximum atomic E-state index is 11.7. The van der Waals surface area contributed by atoms with Crippen molar-refractivity contribution in [2.24, 2.45) is 0 Å². The van der Waals surface area contributed by atoms with Crippen LogP contribution in [0.4, 0.5) is 0 Å². The third-order valence-corrected chi connectivity index (χ3v) is 10.7. The van der Waals surface area contributed by atoms with Crippen molar-refractivity contribution in [1.29, 1.82) is 0 Å². The first-order chi connectivity index (χ1) is 29.6. The van der Waals surface area contributed by atoms with E-state index in [4.69, 9.17) is 9.97 Å². The Morgan fingerprint density at radius 1 is 0.339 bits per heavy atom. The average Bonchev–Trinajstić information content (AvgIpc) is 3.19. The highest BCUT2D eigenvalue weighted by molar-refractivity contribution is 5.71. The quantitative estimate of drug-likeness (QED) is 0.101. The maximum Gasteiger partial charge on any atom is 0.317 e. The van der Waals surface area contributed by atoms with Gasteiger partial charge in [-0.3, -0.25) is 68.0 Å². The zero-order chi connectivity index (χ0) is 45.0. The number of hydrogen-bond donors (Lipinski definition) is 6. The maximum absolute atomic E-state index is 11.7. The van der Waals surface area contributed by atoms with E-state index in [1.54, 1.807) is 29.4 Å². The van der Waals surface area contributed by atoms with Crippen molar-refractivity contribution >= 4 is 35.8 Å². The molecule has 0 saturated carbocycles. The molecule has 4 rings (SSSR count). The molecule has 2 saturated heterocycles. The minimum Gasteiger partial charge on any atom is -0.480 e. The molecule has 0 amide bonds. The molecule has 4 heterocycles. The number of aromatic nitrogens is 2. The van der Waals surface area contributed by atoms with Gasteiger partial charge in [-0.1, -0.05) is 12.1 Å². The summed E-state index contributed by atoms with van der Waals surface area (Å²) < 4.78 is 0. The predicted octanol–water partition coefficient (Wildman–Crippen LogP) is -1.91. The fourth-order valence-corrected chi connectivity index (χ4v) is 7.45. The smallest absolute Gasteiger partial charge is 0.317 e. The Labute approximate surface area is 360 Å². The second-order valence-corrected chi connectivity index (χ2v) is 15.6. The summed E-state index contributed by atoms with van der Waals surface area (Å²) in [6.07, 6.45) is 0. The van der Waals surface area contributed by atoms with Crippen LogP contribution in [0.2, 0.25) is 0 Å². The molecule has 342 valence electrons. The second kappa shape index (κ2) is 25.7. The van der Waals surface area contributed by atoms with E-state index in [2.05, 4.69) is 9.80 Å². The third kappa shape index (κ3) is 19.2. The van der Waals surface area contributed by atoms with E-state index in [1.807, 2.05) is 36.4 Å². The van der Waals surface area contributed by atoms with Crippen molar-refractivity contribution in [3.63, 3.8) is 0 Å². The number of carboxylic acids is 6. The number of hydrogen-bond acceptors (Lipinski definition) is 16. The van der Waals surface area contributed by atoms with E-state index in [1.165, 1.54) is 0 Å². The van der Waals surface area contributed by atoms with Gasteiger partial charge in [-0.05, 0) is 24.3 Å². The molecule has 22 heteroatoms. The summed E-state index contributed by atoms with van der Waals surface area (Å²) >= 11 is 0. The minimum absolute atomic E-state index is 0.221. The number of carbonyl (C=O) groups is 6. The predicted molar refractivity (Wildman–Crippen MR) is 222 cm³/mol. The molecule has 62 heavy (non-hydrogen) atoms. The number of pyridine rings is 2. The molecule has 2 aromatic heterocycles. The Hall–Kier alpha value is -5.20. The number of nitrogens with zero attached hydrogens (tertiary/aromatic N) is 10. The molecule has 22 nitrogen and oxygen atoms in total. The lowest BCUT2D eigenvalue weighted by Crippen LogP contribution is -2.48. The first kappa shape index (κ1) is 49.5. The normalized spacial score (nSPS) is 19.0. The van der Waals surface area contributed by atoms with E-state index >= 15 is 0 Å². The fraction of sp³-hybridized carbons (Fsp3) is 0.600. The van der Waals surface area contributed by atoms with Gasteiger partial charge >= 0.3 is 35.8 Å². The van der Waals surface area contributed by atoms with E-state index in [0.717, 1.165) is 0 Å². The minimum atomic E-state index is -1.02. The van der Waals surface area contributed by atoms with Gasteiger partial charge in [-0.2, -0.15) is 0 Å². The third-order valence-electron chi connectivity index (χ3n) is 10.7. The van der Waals surface area contributed by atoms with Gasteiger partial charge in [0.05, 0.1) is 62.0 Å². The Bertz CT molecular complexity index is 1620. The van der Waals surface area contributed by atoms with Crippen LogP contribution in [0.3, 0.4) is 0 Å². The highest BCUT2D eigenvalue weighted by Crippen LogP contribution is 2.18. The summed E-state index contributed by atoms with van der Waals surface area (Å²) in [6.45, 7) is 5.09. The SMILES string of the molecule is O=C(O)CN1CCN(CC(=O)O)CCN(Cc2cccc(-c3cccc(CN4CCN(CC(=O)O)CCN(CC(=O)O)CCN(CC(=O)O)CC4)n3)n2)CCN(CC(=O)O)CC1. The molecule has 0 atom stereocenters. The van der Waals surface area contributed by atoms with Gasteiger partial charge in [0.25, 0.3) is 0 Å². The van der Waals surface area contributed by atoms with Crippen LogP contribution in [0.15, 0.2) is 36.4 Å². The van der Waals surface area contributed by atoms with Crippen LogP contribution in [-0.4, -0.2) is 260 Å². The molecule has 0 aliphatic carbocycles. The van der Waals surface area contributed by atoms with Crippen molar-refractivity contribution in [2.75, 3.05) is 144 Å². The van der Waals surface area contributed by atoms with Gasteiger partial charge in [0, 0.05) is 118 Å². The zero-order valence-electron chi connectivity index (χ0n) is 35.0. The average molecular weight is 873 g/mol. The Morgan fingerprint density at radius 2 is 0.532 bits per heavy atom. The summed E-state index contributed by atoms with van der Waals surface area (Å²) in [4.78, 5) is 94.5. The first-order valence-electron chi connectivity index (χ1n) is 20.6. The molecular formula is C40H60N10O12. The fourth-order valence-electron chi connectivity index (χ4n) is 7.45. The van der Waals surface area contributed by atoms with E-state index in [0.29, 0.717) is 141 Å². The van der Waals surface area contributed by atoms with Crippen molar-refractivity contribution in [3.8, 4) is 11.4 Å². The molecule has 2 fully saturated rings. The molecule has 2 aliphatic rings. The van der Waals surface area contributed by atoms with Crippen LogP contribution in [0.1, 0.15) is 11.4 Å². The lowest BCUT2D eigenvalue weighted by molar-refractivity contribution is -0.140. The molecule has 2 aromatic rings. The molecular weight excluding hydrogens is 812 g/mol. The van der Waals surface area contributed by atoms with E-state index in [-0.39, 0.29) is 39.3 Å². The van der Waals surface area contributed by atoms with Gasteiger partial charge in [-0.15, -0.1) is 0 Å². The van der Waals surface area contributed by atoms with Crippen molar-refractivity contribution < 1.29 is 59.4 Å². The number of rotatable bonds is 17. The highest BCUT2D eigenvalue weighted by Gasteiger charge is 2.23. The largest absolute Gasteiger partial charge is 0.480 e. The van der Waals surface area contributed by atoms with Gasteiger partial charge in [0.2, 0.25) is 0 Å². The molecule has 2 aliphatic heterocycles. The van der Waals surface area contributed by atoms with Crippen molar-refractivity contribution in [2.45, 2.75) is 13.1 Å². The van der Waals surface area contributed by atoms with Crippen LogP contribution < -0.4 is 0 Å². The van der Waals surface area contributed by atoms with Crippen LogP contribution >= 0.6 is 0 Å². The van der Waals surface area contributed by atoms with Crippen LogP contribution in [0.5, 0.6) is 0 Å². The van der Waals surface area contributed by atoms with Crippen LogP contribution in [0.25, 0.3) is 11.4 Å². The summed E-state index contributed by atoms with van der Waals surface area (Å²) in [7, 11) is 0. The van der Waals surface area contributed by atoms with Gasteiger partial charge in [-0.25, -0.2) is 9.97 Å². The summed E-state index contributed by atoms with van der Waals surface area (Å²) in [5.74, 6) is -6.05. The number of carboxylic acid groups (broad SMARTS) is 6. The lowest BCUT2D eigenvalue weighted by atomic mass is 10.2. The highest BCUT2D eigenvalue weighted by atomic mass is 16.4. The molecule has 0 radical (unpaired) electrons. The summed E-state index contributed by atoms with van der Waals surface area (Å²) in [5.41, 5.74) is 2.64. The molecule has 0 unspecified atom stereocenters. The van der Waals surface area contributed by atoms with Crippen LogP contribution in [-0.2, 0) is 41.9 Å². The summed E-state index contributed by atoms with van der Waals surface area (Å²) in [5, 5.41) is 57.3. The Kier molecular flexibility index (Phi) is 20.5. The number of aliphatic carboxylic acids is 6. The lowest BCUT2D eigenvalue weighted by Gasteiger charge is -2.33. The Balaban J connectivity index is 1.51. The first-order valence-corrected chi connectivity index (χ1v) is 20.6. The topological polar surface area (TPSA) is 275 Å². The van der Waals surface area contributed by atoms with E-state index < -0.39 is 35.8 Å². The molecule has 6 N–H and O–H groups in total. The van der Waals surface area contributed by atoms with Gasteiger partial charge in [0.15, 0.2) is 0 Å². The summed E-state index contributed by atoms with van der Waals surface area (Å²) in [6, 6.07) is 11.2. The van der Waals surface area contributed by atoms with Crippen molar-refractivity contribution in [1.82, 2.24) is 49.2 Å². The zero-order valence-corrected chi connectivity index (χ0v) is 35.0. The van der Waals surface area contributed by atoms with E-state index in [9.17, 15) is 59.4 Å². The standard InChI is InChI=1S/C40H60N10O12/c51-35(52)25-45-11-7-43(8-12-46(26-36(53)54)16-20-49(19-15-45)29-39(59)60)23-31-3-1-5-33(41-31)34-6-2-4-32(42-34)24-44-9-13-47(27-37(55)56)17-21-50(30-40(61)62)22-18-48(14-10-44)28-38(57)58/h1-6H,7-30H2,(H,51,52)(H,53,54)(H,55,56)(H,57,58)(H,59,60)(H,61,62). The molecule has 0 bridgehead atoms. The van der Waals surface area contributed by atoms with Crippen LogP contribution in [0, 0.1) is 0 Å². The second-order valence-electron chi connectivity index (χ2n) is 15.6.